The number of carbonyl (C=O) groups is 1. The molecule has 28 heavy (non-hydrogen) atoms. The molecule has 1 aromatic heterocycles. The molecule has 0 spiro atoms. The molecule has 0 atom stereocenters. The highest BCUT2D eigenvalue weighted by Gasteiger charge is 2.23. The summed E-state index contributed by atoms with van der Waals surface area (Å²) in [4.78, 5) is 20.5. The fourth-order valence-electron chi connectivity index (χ4n) is 2.74. The van der Waals surface area contributed by atoms with Crippen molar-refractivity contribution in [1.82, 2.24) is 4.98 Å². The Morgan fingerprint density at radius 2 is 1.93 bits per heavy atom. The number of ether oxygens (including phenoxy) is 1. The van der Waals surface area contributed by atoms with Gasteiger partial charge in [-0.2, -0.15) is 0 Å². The molecule has 0 saturated heterocycles. The Balaban J connectivity index is 1.92. The van der Waals surface area contributed by atoms with E-state index in [0.717, 1.165) is 17.0 Å². The minimum atomic E-state index is -0.374. The van der Waals surface area contributed by atoms with Crippen LogP contribution >= 0.6 is 11.3 Å². The molecule has 3 rings (SSSR count). The van der Waals surface area contributed by atoms with Crippen LogP contribution in [-0.4, -0.2) is 44.2 Å². The van der Waals surface area contributed by atoms with Gasteiger partial charge < -0.3 is 9.64 Å². The van der Waals surface area contributed by atoms with Crippen LogP contribution in [0, 0.1) is 5.82 Å². The Hall–Kier alpha value is -2.51. The number of para-hydroxylation sites is 1. The number of likely N-dealkylation sites (N-methyl/N-ethyl adjacent to an activating group) is 1. The van der Waals surface area contributed by atoms with Gasteiger partial charge in [0.05, 0.1) is 38.0 Å². The summed E-state index contributed by atoms with van der Waals surface area (Å²) in [5.41, 5.74) is 0.850. The van der Waals surface area contributed by atoms with E-state index in [1.54, 1.807) is 35.2 Å². The van der Waals surface area contributed by atoms with Crippen LogP contribution in [0.5, 0.6) is 5.75 Å². The van der Waals surface area contributed by atoms with E-state index < -0.39 is 0 Å². The predicted molar refractivity (Wildman–Crippen MR) is 111 cm³/mol. The molecular weight excluding hydrogens is 377 g/mol. The smallest absolute Gasteiger partial charge is 0.260 e. The number of quaternary nitrogens is 1. The number of thiazole rings is 1. The first kappa shape index (κ1) is 20.2. The summed E-state index contributed by atoms with van der Waals surface area (Å²) in [7, 11) is 4.05. The van der Waals surface area contributed by atoms with E-state index in [1.807, 2.05) is 34.0 Å². The lowest BCUT2D eigenvalue weighted by Gasteiger charge is -2.21. The van der Waals surface area contributed by atoms with Gasteiger partial charge >= 0.3 is 0 Å². The van der Waals surface area contributed by atoms with Gasteiger partial charge in [0.15, 0.2) is 5.13 Å². The number of carbonyl (C=O) groups excluding carboxylic acids is 1. The maximum absolute atomic E-state index is 14.1. The highest BCUT2D eigenvalue weighted by atomic mass is 32.1. The first-order valence-electron chi connectivity index (χ1n) is 9.28. The topological polar surface area (TPSA) is 46.9 Å². The average molecular weight is 403 g/mol. The van der Waals surface area contributed by atoms with Gasteiger partial charge in [-0.15, -0.1) is 0 Å². The molecule has 0 radical (unpaired) electrons. The molecular formula is C21H25FN3O2S+. The van der Waals surface area contributed by atoms with Crippen molar-refractivity contribution >= 4 is 32.6 Å². The summed E-state index contributed by atoms with van der Waals surface area (Å²) in [5.74, 6) is 0.190. The van der Waals surface area contributed by atoms with Crippen LogP contribution in [-0.2, 0) is 0 Å². The van der Waals surface area contributed by atoms with Gasteiger partial charge in [0.25, 0.3) is 5.91 Å². The predicted octanol–water partition coefficient (Wildman–Crippen LogP) is 3.01. The molecule has 0 saturated carbocycles. The quantitative estimate of drug-likeness (QED) is 0.661. The summed E-state index contributed by atoms with van der Waals surface area (Å²) in [6.45, 7) is 5.15. The van der Waals surface area contributed by atoms with Gasteiger partial charge in [0.2, 0.25) is 0 Å². The van der Waals surface area contributed by atoms with Crippen molar-refractivity contribution in [1.29, 1.82) is 0 Å². The number of halogens is 1. The third kappa shape index (κ3) is 4.66. The molecule has 0 unspecified atom stereocenters. The van der Waals surface area contributed by atoms with E-state index in [-0.39, 0.29) is 17.8 Å². The first-order chi connectivity index (χ1) is 13.3. The molecule has 2 aromatic carbocycles. The number of anilines is 1. The molecule has 0 fully saturated rings. The Morgan fingerprint density at radius 3 is 2.54 bits per heavy atom. The van der Waals surface area contributed by atoms with E-state index in [9.17, 15) is 9.18 Å². The zero-order valence-electron chi connectivity index (χ0n) is 16.5. The van der Waals surface area contributed by atoms with Crippen molar-refractivity contribution in [3.8, 4) is 5.75 Å². The lowest BCUT2D eigenvalue weighted by atomic mass is 10.2. The molecule has 1 amide bonds. The van der Waals surface area contributed by atoms with Crippen molar-refractivity contribution in [2.24, 2.45) is 0 Å². The maximum atomic E-state index is 14.1. The Morgan fingerprint density at radius 1 is 1.21 bits per heavy atom. The highest BCUT2D eigenvalue weighted by molar-refractivity contribution is 7.22. The Labute approximate surface area is 168 Å². The third-order valence-corrected chi connectivity index (χ3v) is 5.19. The fraction of sp³-hybridized carbons (Fsp3) is 0.333. The van der Waals surface area contributed by atoms with Crippen molar-refractivity contribution in [2.75, 3.05) is 32.1 Å². The molecule has 0 aliphatic rings. The zero-order chi connectivity index (χ0) is 20.3. The van der Waals surface area contributed by atoms with E-state index in [4.69, 9.17) is 4.74 Å². The molecule has 3 aromatic rings. The number of amides is 1. The van der Waals surface area contributed by atoms with Gasteiger partial charge in [-0.05, 0) is 50.2 Å². The molecule has 5 nitrogen and oxygen atoms in total. The molecule has 1 N–H and O–H groups in total. The van der Waals surface area contributed by atoms with Crippen molar-refractivity contribution < 1.29 is 18.8 Å². The van der Waals surface area contributed by atoms with Gasteiger partial charge in [-0.3, -0.25) is 9.69 Å². The van der Waals surface area contributed by atoms with Crippen LogP contribution in [0.3, 0.4) is 0 Å². The normalized spacial score (nSPS) is 11.4. The van der Waals surface area contributed by atoms with Gasteiger partial charge in [0, 0.05) is 5.56 Å². The van der Waals surface area contributed by atoms with E-state index in [1.165, 1.54) is 22.3 Å². The SMILES string of the molecule is CC(C)Oc1ccc(C(=O)N(CC[NH+](C)C)c2nc3c(F)cccc3s2)cc1. The molecule has 0 aliphatic carbocycles. The number of aromatic nitrogens is 1. The second-order valence-electron chi connectivity index (χ2n) is 7.19. The molecule has 148 valence electrons. The Bertz CT molecular complexity index is 954. The first-order valence-corrected chi connectivity index (χ1v) is 10.1. The standard InChI is InChI=1S/C21H24FN3O2S/c1-14(2)27-16-10-8-15(9-11-16)20(26)25(13-12-24(3)4)21-23-19-17(22)6-5-7-18(19)28-21/h5-11,14H,12-13H2,1-4H3/p+1. The molecule has 7 heteroatoms. The van der Waals surface area contributed by atoms with Crippen LogP contribution in [0.2, 0.25) is 0 Å². The summed E-state index contributed by atoms with van der Waals surface area (Å²) in [6.07, 6.45) is 0.0683. The summed E-state index contributed by atoms with van der Waals surface area (Å²) in [5, 5.41) is 0.508. The second-order valence-corrected chi connectivity index (χ2v) is 8.20. The largest absolute Gasteiger partial charge is 0.491 e. The molecule has 1 heterocycles. The minimum absolute atomic E-state index is 0.0683. The van der Waals surface area contributed by atoms with Crippen LogP contribution in [0.4, 0.5) is 9.52 Å². The third-order valence-electron chi connectivity index (χ3n) is 4.14. The van der Waals surface area contributed by atoms with Gasteiger partial charge in [-0.1, -0.05) is 17.4 Å². The number of hydrogen-bond acceptors (Lipinski definition) is 4. The van der Waals surface area contributed by atoms with Gasteiger partial charge in [-0.25, -0.2) is 9.37 Å². The number of nitrogens with one attached hydrogen (secondary N) is 1. The minimum Gasteiger partial charge on any atom is -0.491 e. The van der Waals surface area contributed by atoms with Crippen molar-refractivity contribution in [2.45, 2.75) is 20.0 Å². The Kier molecular flexibility index (Phi) is 6.26. The summed E-state index contributed by atoms with van der Waals surface area (Å²) in [6, 6.07) is 11.9. The lowest BCUT2D eigenvalue weighted by Crippen LogP contribution is -3.06. The number of fused-ring (bicyclic) bond motifs is 1. The number of nitrogens with zero attached hydrogens (tertiary/aromatic N) is 2. The second kappa shape index (κ2) is 8.67. The van der Waals surface area contributed by atoms with E-state index in [2.05, 4.69) is 4.98 Å². The number of benzene rings is 2. The van der Waals surface area contributed by atoms with Crippen LogP contribution in [0.1, 0.15) is 24.2 Å². The maximum Gasteiger partial charge on any atom is 0.260 e. The summed E-state index contributed by atoms with van der Waals surface area (Å²) >= 11 is 1.33. The van der Waals surface area contributed by atoms with Gasteiger partial charge in [0.1, 0.15) is 17.1 Å². The van der Waals surface area contributed by atoms with Crippen molar-refractivity contribution in [3.05, 3.63) is 53.8 Å². The summed E-state index contributed by atoms with van der Waals surface area (Å²) < 4.78 is 20.4. The van der Waals surface area contributed by atoms with Crippen molar-refractivity contribution in [3.63, 3.8) is 0 Å². The molecule has 0 bridgehead atoms. The van der Waals surface area contributed by atoms with Crippen LogP contribution in [0.25, 0.3) is 10.2 Å². The number of rotatable bonds is 7. The van der Waals surface area contributed by atoms with Crippen LogP contribution in [0.15, 0.2) is 42.5 Å². The van der Waals surface area contributed by atoms with E-state index in [0.29, 0.717) is 22.8 Å². The number of hydrogen-bond donors (Lipinski definition) is 1. The average Bonchev–Trinajstić information content (AvgIpc) is 3.07. The zero-order valence-corrected chi connectivity index (χ0v) is 17.3. The lowest BCUT2D eigenvalue weighted by molar-refractivity contribution is -0.856. The van der Waals surface area contributed by atoms with E-state index >= 15 is 0 Å². The van der Waals surface area contributed by atoms with Crippen LogP contribution < -0.4 is 14.5 Å². The molecule has 0 aliphatic heterocycles. The fourth-order valence-corrected chi connectivity index (χ4v) is 3.75. The highest BCUT2D eigenvalue weighted by Crippen LogP contribution is 2.31. The monoisotopic (exact) mass is 402 g/mol.